The molecule has 0 heterocycles. The normalized spacial score (nSPS) is 55.0. The average Bonchev–Trinajstić information content (AvgIpc) is 2.88. The van der Waals surface area contributed by atoms with Gasteiger partial charge in [0, 0.05) is 30.1 Å². The van der Waals surface area contributed by atoms with Gasteiger partial charge in [0.15, 0.2) is 0 Å². The quantitative estimate of drug-likeness (QED) is 0.432. The number of esters is 1. The van der Waals surface area contributed by atoms with E-state index in [1.807, 2.05) is 0 Å². The molecule has 150 valence electrons. The third-order valence-electron chi connectivity index (χ3n) is 9.90. The molecule has 0 saturated heterocycles. The van der Waals surface area contributed by atoms with Gasteiger partial charge in [0.2, 0.25) is 0 Å². The Hall–Kier alpha value is -0.280. The van der Waals surface area contributed by atoms with Gasteiger partial charge in [0.25, 0.3) is 0 Å². The standard InChI is InChI=1S/C22H30Cl2O3/c1-12(25)27-13-6-9-20(3)16-7-8-19(2)15(4-5-18(19)26)14(16)10-17-21(20,11-13)22(17,23)24/h13-17H,4-11H2,1-3H3. The lowest BCUT2D eigenvalue weighted by molar-refractivity contribution is -0.163. The van der Waals surface area contributed by atoms with Crippen LogP contribution in [0.15, 0.2) is 0 Å². The Morgan fingerprint density at radius 3 is 2.56 bits per heavy atom. The first kappa shape index (κ1) is 18.7. The largest absolute Gasteiger partial charge is 0.463 e. The number of halogens is 2. The zero-order valence-corrected chi connectivity index (χ0v) is 18.0. The number of fused-ring (bicyclic) bond motifs is 4. The number of rotatable bonds is 1. The van der Waals surface area contributed by atoms with Gasteiger partial charge >= 0.3 is 5.97 Å². The van der Waals surface area contributed by atoms with Crippen LogP contribution in [0.4, 0.5) is 0 Å². The van der Waals surface area contributed by atoms with Crippen molar-refractivity contribution in [3.63, 3.8) is 0 Å². The van der Waals surface area contributed by atoms with E-state index in [9.17, 15) is 9.59 Å². The van der Waals surface area contributed by atoms with Crippen molar-refractivity contribution in [1.29, 1.82) is 0 Å². The van der Waals surface area contributed by atoms with Crippen LogP contribution >= 0.6 is 23.2 Å². The van der Waals surface area contributed by atoms with Crippen molar-refractivity contribution in [1.82, 2.24) is 0 Å². The number of alkyl halides is 2. The molecule has 0 N–H and O–H groups in total. The number of carbonyl (C=O) groups is 2. The van der Waals surface area contributed by atoms with Gasteiger partial charge in [-0.3, -0.25) is 9.59 Å². The molecule has 0 aromatic heterocycles. The molecule has 5 aliphatic carbocycles. The van der Waals surface area contributed by atoms with Crippen molar-refractivity contribution in [2.45, 2.75) is 82.6 Å². The van der Waals surface area contributed by atoms with Gasteiger partial charge in [-0.15, -0.1) is 23.2 Å². The van der Waals surface area contributed by atoms with E-state index in [2.05, 4.69) is 13.8 Å². The molecule has 8 unspecified atom stereocenters. The number of ketones is 1. The molecule has 0 aromatic carbocycles. The molecule has 0 bridgehead atoms. The number of hydrogen-bond donors (Lipinski definition) is 0. The summed E-state index contributed by atoms with van der Waals surface area (Å²) in [5.74, 6) is 2.16. The molecule has 5 fully saturated rings. The first-order chi connectivity index (χ1) is 12.6. The zero-order valence-electron chi connectivity index (χ0n) is 16.5. The molecule has 0 aliphatic heterocycles. The van der Waals surface area contributed by atoms with Gasteiger partial charge in [-0.25, -0.2) is 0 Å². The van der Waals surface area contributed by atoms with E-state index in [1.165, 1.54) is 6.92 Å². The number of carbonyl (C=O) groups excluding carboxylic acids is 2. The molecule has 5 aliphatic rings. The van der Waals surface area contributed by atoms with Gasteiger partial charge < -0.3 is 4.74 Å². The summed E-state index contributed by atoms with van der Waals surface area (Å²) in [4.78, 5) is 24.2. The maximum Gasteiger partial charge on any atom is 0.302 e. The molecule has 8 atom stereocenters. The highest BCUT2D eigenvalue weighted by Gasteiger charge is 2.86. The Balaban J connectivity index is 1.51. The average molecular weight is 413 g/mol. The SMILES string of the molecule is CC(=O)OC1CCC2(C)C3CCC4(C)C(=O)CCC4C3CC3C(Cl)(Cl)C32C1. The lowest BCUT2D eigenvalue weighted by Crippen LogP contribution is -2.55. The molecule has 1 spiro atoms. The molecule has 5 heteroatoms. The highest BCUT2D eigenvalue weighted by Crippen LogP contribution is 2.87. The summed E-state index contributed by atoms with van der Waals surface area (Å²) < 4.78 is 4.88. The van der Waals surface area contributed by atoms with Crippen molar-refractivity contribution in [2.75, 3.05) is 0 Å². The second-order valence-electron chi connectivity index (χ2n) is 10.6. The first-order valence-corrected chi connectivity index (χ1v) is 11.4. The fourth-order valence-corrected chi connectivity index (χ4v) is 9.91. The fourth-order valence-electron chi connectivity index (χ4n) is 8.62. The third kappa shape index (κ3) is 2.06. The zero-order chi connectivity index (χ0) is 19.4. The molecule has 0 amide bonds. The van der Waals surface area contributed by atoms with E-state index in [4.69, 9.17) is 27.9 Å². The van der Waals surface area contributed by atoms with Gasteiger partial charge in [0.1, 0.15) is 16.2 Å². The fraction of sp³-hybridized carbons (Fsp3) is 0.909. The second-order valence-corrected chi connectivity index (χ2v) is 12.0. The molecular weight excluding hydrogens is 383 g/mol. The first-order valence-electron chi connectivity index (χ1n) is 10.7. The Labute approximate surface area is 171 Å². The molecule has 0 radical (unpaired) electrons. The van der Waals surface area contributed by atoms with E-state index < -0.39 is 4.33 Å². The Kier molecular flexibility index (Phi) is 3.78. The van der Waals surface area contributed by atoms with E-state index in [0.717, 1.165) is 51.4 Å². The molecule has 27 heavy (non-hydrogen) atoms. The predicted octanol–water partition coefficient (Wildman–Crippen LogP) is 5.31. The van der Waals surface area contributed by atoms with Crippen LogP contribution in [-0.2, 0) is 14.3 Å². The third-order valence-corrected chi connectivity index (χ3v) is 11.1. The van der Waals surface area contributed by atoms with E-state index in [0.29, 0.717) is 23.5 Å². The van der Waals surface area contributed by atoms with E-state index >= 15 is 0 Å². The molecular formula is C22H30Cl2O3. The number of Topliss-reactive ketones (excluding diaryl/α,β-unsaturated/α-hetero) is 1. The summed E-state index contributed by atoms with van der Waals surface area (Å²) in [5.41, 5.74) is -0.185. The van der Waals surface area contributed by atoms with Crippen LogP contribution in [0.1, 0.15) is 72.1 Å². The van der Waals surface area contributed by atoms with Crippen LogP contribution in [0.3, 0.4) is 0 Å². The van der Waals surface area contributed by atoms with Crippen LogP contribution in [0.5, 0.6) is 0 Å². The summed E-state index contributed by atoms with van der Waals surface area (Å²) in [6.07, 6.45) is 7.60. The van der Waals surface area contributed by atoms with Gasteiger partial charge in [-0.2, -0.15) is 0 Å². The monoisotopic (exact) mass is 412 g/mol. The van der Waals surface area contributed by atoms with Crippen LogP contribution in [0.25, 0.3) is 0 Å². The second kappa shape index (κ2) is 5.45. The topological polar surface area (TPSA) is 43.4 Å². The minimum Gasteiger partial charge on any atom is -0.463 e. The minimum atomic E-state index is -0.725. The van der Waals surface area contributed by atoms with Crippen molar-refractivity contribution < 1.29 is 14.3 Å². The Morgan fingerprint density at radius 2 is 1.85 bits per heavy atom. The van der Waals surface area contributed by atoms with Crippen molar-refractivity contribution in [2.24, 2.45) is 39.9 Å². The number of ether oxygens (including phenoxy) is 1. The van der Waals surface area contributed by atoms with Gasteiger partial charge in [0.05, 0.1) is 0 Å². The van der Waals surface area contributed by atoms with Gasteiger partial charge in [-0.05, 0) is 68.1 Å². The molecule has 0 aromatic rings. The smallest absolute Gasteiger partial charge is 0.302 e. The molecule has 5 rings (SSSR count). The summed E-state index contributed by atoms with van der Waals surface area (Å²) >= 11 is 14.0. The summed E-state index contributed by atoms with van der Waals surface area (Å²) in [6, 6.07) is 0. The Morgan fingerprint density at radius 1 is 1.11 bits per heavy atom. The molecule has 3 nitrogen and oxygen atoms in total. The highest BCUT2D eigenvalue weighted by atomic mass is 35.5. The lowest BCUT2D eigenvalue weighted by atomic mass is 9.44. The van der Waals surface area contributed by atoms with Gasteiger partial charge in [-0.1, -0.05) is 13.8 Å². The number of hydrogen-bond acceptors (Lipinski definition) is 3. The summed E-state index contributed by atoms with van der Waals surface area (Å²) in [5, 5.41) is 0. The summed E-state index contributed by atoms with van der Waals surface area (Å²) in [6.45, 7) is 6.11. The highest BCUT2D eigenvalue weighted by molar-refractivity contribution is 6.52. The van der Waals surface area contributed by atoms with Crippen LogP contribution < -0.4 is 0 Å². The minimum absolute atomic E-state index is 0.0593. The van der Waals surface area contributed by atoms with E-state index in [1.54, 1.807) is 0 Å². The lowest BCUT2D eigenvalue weighted by Gasteiger charge is -2.60. The summed E-state index contributed by atoms with van der Waals surface area (Å²) in [7, 11) is 0. The van der Waals surface area contributed by atoms with E-state index in [-0.39, 0.29) is 34.2 Å². The van der Waals surface area contributed by atoms with Crippen molar-refractivity contribution >= 4 is 35.0 Å². The van der Waals surface area contributed by atoms with Crippen LogP contribution in [0.2, 0.25) is 0 Å². The van der Waals surface area contributed by atoms with Crippen molar-refractivity contribution in [3.05, 3.63) is 0 Å². The van der Waals surface area contributed by atoms with Crippen LogP contribution in [-0.4, -0.2) is 22.2 Å². The van der Waals surface area contributed by atoms with Crippen molar-refractivity contribution in [3.8, 4) is 0 Å². The molecule has 5 saturated carbocycles. The maximum atomic E-state index is 12.6. The predicted molar refractivity (Wildman–Crippen MR) is 105 cm³/mol. The maximum absolute atomic E-state index is 12.6. The van der Waals surface area contributed by atoms with Crippen LogP contribution in [0, 0.1) is 39.9 Å². The Bertz CT molecular complexity index is 720.